The number of hydrogen-bond donors (Lipinski definition) is 1. The van der Waals surface area contributed by atoms with E-state index in [0.29, 0.717) is 32.6 Å². The smallest absolute Gasteiger partial charge is 0.260 e. The molecule has 1 fully saturated rings. The summed E-state index contributed by atoms with van der Waals surface area (Å²) >= 11 is 0. The van der Waals surface area contributed by atoms with Crippen LogP contribution in [0.4, 0.5) is 10.2 Å². The van der Waals surface area contributed by atoms with Gasteiger partial charge in [-0.2, -0.15) is 0 Å². The first-order valence-corrected chi connectivity index (χ1v) is 10.9. The summed E-state index contributed by atoms with van der Waals surface area (Å²) in [5.74, 6) is 0.930. The molecule has 1 unspecified atom stereocenters. The molecule has 1 aromatic heterocycles. The zero-order valence-corrected chi connectivity index (χ0v) is 18.4. The Balaban J connectivity index is 1.45. The topological polar surface area (TPSA) is 87.7 Å². The van der Waals surface area contributed by atoms with Crippen molar-refractivity contribution in [2.45, 2.75) is 38.6 Å². The van der Waals surface area contributed by atoms with Gasteiger partial charge in [0.15, 0.2) is 18.2 Å². The average Bonchev–Trinajstić information content (AvgIpc) is 2.82. The van der Waals surface area contributed by atoms with E-state index in [9.17, 15) is 14.0 Å². The fourth-order valence-electron chi connectivity index (χ4n) is 4.30. The number of rotatable bonds is 5. The third-order valence-electron chi connectivity index (χ3n) is 6.09. The van der Waals surface area contributed by atoms with Crippen LogP contribution in [0.2, 0.25) is 0 Å². The normalized spacial score (nSPS) is 18.2. The van der Waals surface area contributed by atoms with Gasteiger partial charge in [0.2, 0.25) is 5.91 Å². The first-order valence-electron chi connectivity index (χ1n) is 10.9. The van der Waals surface area contributed by atoms with E-state index in [-0.39, 0.29) is 30.1 Å². The highest BCUT2D eigenvalue weighted by Crippen LogP contribution is 2.30. The summed E-state index contributed by atoms with van der Waals surface area (Å²) in [6.07, 6.45) is 2.41. The molecular formula is C23H28FN5O3. The number of para-hydroxylation sites is 1. The van der Waals surface area contributed by atoms with Crippen LogP contribution >= 0.6 is 0 Å². The molecule has 1 aromatic carbocycles. The molecule has 0 radical (unpaired) electrons. The minimum Gasteiger partial charge on any atom is -0.481 e. The van der Waals surface area contributed by atoms with Gasteiger partial charge in [0.1, 0.15) is 11.6 Å². The molecule has 0 aliphatic carbocycles. The number of nitrogens with zero attached hydrogens (tertiary/aromatic N) is 4. The maximum Gasteiger partial charge on any atom is 0.260 e. The van der Waals surface area contributed by atoms with Crippen LogP contribution in [-0.2, 0) is 22.6 Å². The number of halogens is 1. The molecule has 32 heavy (non-hydrogen) atoms. The Morgan fingerprint density at radius 2 is 2.03 bits per heavy atom. The van der Waals surface area contributed by atoms with E-state index in [1.807, 2.05) is 7.05 Å². The monoisotopic (exact) mass is 441 g/mol. The quantitative estimate of drug-likeness (QED) is 0.767. The van der Waals surface area contributed by atoms with E-state index < -0.39 is 5.82 Å². The molecule has 2 aromatic rings. The highest BCUT2D eigenvalue weighted by Gasteiger charge is 2.30. The molecule has 0 bridgehead atoms. The van der Waals surface area contributed by atoms with Gasteiger partial charge >= 0.3 is 0 Å². The molecule has 2 amide bonds. The second kappa shape index (κ2) is 9.50. The van der Waals surface area contributed by atoms with Crippen LogP contribution in [0.1, 0.15) is 42.8 Å². The number of nitrogens with one attached hydrogen (secondary N) is 1. The largest absolute Gasteiger partial charge is 0.481 e. The predicted molar refractivity (Wildman–Crippen MR) is 117 cm³/mol. The average molecular weight is 442 g/mol. The van der Waals surface area contributed by atoms with Gasteiger partial charge < -0.3 is 19.9 Å². The second-order valence-electron chi connectivity index (χ2n) is 8.19. The number of likely N-dealkylation sites (tertiary alicyclic amines) is 1. The Labute approximate surface area is 186 Å². The van der Waals surface area contributed by atoms with Gasteiger partial charge in [-0.15, -0.1) is 0 Å². The summed E-state index contributed by atoms with van der Waals surface area (Å²) in [6.45, 7) is 3.65. The third kappa shape index (κ3) is 4.66. The van der Waals surface area contributed by atoms with Crippen LogP contribution in [0.3, 0.4) is 0 Å². The molecule has 4 rings (SSSR count). The Kier molecular flexibility index (Phi) is 6.53. The molecule has 2 aliphatic heterocycles. The summed E-state index contributed by atoms with van der Waals surface area (Å²) in [5, 5.41) is 3.15. The van der Waals surface area contributed by atoms with Crippen molar-refractivity contribution in [3.05, 3.63) is 47.2 Å². The fourth-order valence-corrected chi connectivity index (χ4v) is 4.30. The van der Waals surface area contributed by atoms with Gasteiger partial charge in [0, 0.05) is 51.5 Å². The van der Waals surface area contributed by atoms with Crippen LogP contribution in [0, 0.1) is 5.82 Å². The van der Waals surface area contributed by atoms with Crippen LogP contribution < -0.4 is 10.1 Å². The lowest BCUT2D eigenvalue weighted by Gasteiger charge is -2.33. The van der Waals surface area contributed by atoms with Crippen molar-refractivity contribution in [3.8, 4) is 5.75 Å². The molecule has 170 valence electrons. The molecule has 3 heterocycles. The van der Waals surface area contributed by atoms with Gasteiger partial charge in [0.05, 0.1) is 12.2 Å². The number of ether oxygens (including phenoxy) is 1. The summed E-state index contributed by atoms with van der Waals surface area (Å²) in [7, 11) is 1.82. The lowest BCUT2D eigenvalue weighted by molar-refractivity contribution is -0.134. The molecule has 9 heteroatoms. The van der Waals surface area contributed by atoms with Gasteiger partial charge in [-0.1, -0.05) is 12.1 Å². The Morgan fingerprint density at radius 3 is 2.78 bits per heavy atom. The van der Waals surface area contributed by atoms with Crippen molar-refractivity contribution in [1.29, 1.82) is 0 Å². The summed E-state index contributed by atoms with van der Waals surface area (Å²) < 4.78 is 19.1. The molecule has 1 atom stereocenters. The van der Waals surface area contributed by atoms with Crippen molar-refractivity contribution in [2.24, 2.45) is 0 Å². The van der Waals surface area contributed by atoms with Crippen molar-refractivity contribution < 1.29 is 18.7 Å². The number of benzene rings is 1. The predicted octanol–water partition coefficient (Wildman–Crippen LogP) is 2.35. The minimum atomic E-state index is -0.484. The maximum absolute atomic E-state index is 13.7. The number of hydrogen-bond acceptors (Lipinski definition) is 6. The lowest BCUT2D eigenvalue weighted by Crippen LogP contribution is -2.42. The third-order valence-corrected chi connectivity index (χ3v) is 6.09. The van der Waals surface area contributed by atoms with Crippen molar-refractivity contribution in [2.75, 3.05) is 38.6 Å². The van der Waals surface area contributed by atoms with Crippen LogP contribution in [0.25, 0.3) is 0 Å². The number of carbonyl (C=O) groups excluding carboxylic acids is 2. The van der Waals surface area contributed by atoms with Crippen molar-refractivity contribution in [1.82, 2.24) is 19.8 Å². The highest BCUT2D eigenvalue weighted by atomic mass is 19.1. The Bertz CT molecular complexity index is 998. The van der Waals surface area contributed by atoms with Gasteiger partial charge in [-0.3, -0.25) is 9.59 Å². The molecule has 1 N–H and O–H groups in total. The van der Waals surface area contributed by atoms with Gasteiger partial charge in [-0.25, -0.2) is 14.4 Å². The number of amides is 2. The van der Waals surface area contributed by atoms with Gasteiger partial charge in [-0.05, 0) is 25.0 Å². The Morgan fingerprint density at radius 1 is 1.22 bits per heavy atom. The first-order chi connectivity index (χ1) is 15.5. The summed E-state index contributed by atoms with van der Waals surface area (Å²) in [5.41, 5.74) is 1.92. The van der Waals surface area contributed by atoms with E-state index in [1.165, 1.54) is 12.1 Å². The minimum absolute atomic E-state index is 0.0180. The maximum atomic E-state index is 13.7. The van der Waals surface area contributed by atoms with Crippen LogP contribution in [0.5, 0.6) is 5.75 Å². The first kappa shape index (κ1) is 22.0. The lowest BCUT2D eigenvalue weighted by atomic mass is 9.96. The second-order valence-corrected chi connectivity index (χ2v) is 8.19. The molecular weight excluding hydrogens is 413 g/mol. The van der Waals surface area contributed by atoms with Crippen LogP contribution in [-0.4, -0.2) is 64.9 Å². The SMILES string of the molecule is CNc1nc(C2CCCN(C(=O)COc3ccccc3F)C2)nc2c1CN(C(C)=O)CC2. The van der Waals surface area contributed by atoms with E-state index in [2.05, 4.69) is 5.32 Å². The Hall–Kier alpha value is -3.23. The standard InChI is InChI=1S/C23H28FN5O3/c1-15(30)28-11-9-19-17(13-28)23(25-2)27-22(26-19)16-6-5-10-29(12-16)21(31)14-32-20-8-4-3-7-18(20)24/h3-4,7-8,16H,5-6,9-14H2,1-2H3,(H,25,26,27). The number of anilines is 1. The van der Waals surface area contributed by atoms with Gasteiger partial charge in [0.25, 0.3) is 5.91 Å². The summed E-state index contributed by atoms with van der Waals surface area (Å²) in [4.78, 5) is 37.6. The van der Waals surface area contributed by atoms with Crippen LogP contribution in [0.15, 0.2) is 24.3 Å². The molecule has 0 saturated carbocycles. The molecule has 2 aliphatic rings. The fraction of sp³-hybridized carbons (Fsp3) is 0.478. The molecule has 0 spiro atoms. The van der Waals surface area contributed by atoms with Crippen molar-refractivity contribution in [3.63, 3.8) is 0 Å². The zero-order valence-electron chi connectivity index (χ0n) is 18.4. The molecule has 1 saturated heterocycles. The number of aromatic nitrogens is 2. The number of piperidine rings is 1. The van der Waals surface area contributed by atoms with Crippen molar-refractivity contribution >= 4 is 17.6 Å². The van der Waals surface area contributed by atoms with E-state index in [4.69, 9.17) is 14.7 Å². The summed E-state index contributed by atoms with van der Waals surface area (Å²) in [6, 6.07) is 6.06. The molecule has 8 nitrogen and oxygen atoms in total. The van der Waals surface area contributed by atoms with E-state index in [0.717, 1.165) is 35.7 Å². The van der Waals surface area contributed by atoms with E-state index in [1.54, 1.807) is 28.9 Å². The number of fused-ring (bicyclic) bond motifs is 1. The number of carbonyl (C=O) groups is 2. The highest BCUT2D eigenvalue weighted by molar-refractivity contribution is 5.78. The van der Waals surface area contributed by atoms with E-state index >= 15 is 0 Å². The zero-order chi connectivity index (χ0) is 22.7.